The van der Waals surface area contributed by atoms with Gasteiger partial charge in [-0.2, -0.15) is 0 Å². The zero-order chi connectivity index (χ0) is 17.8. The highest BCUT2D eigenvalue weighted by Gasteiger charge is 2.19. The number of aryl methyl sites for hydroxylation is 2. The summed E-state index contributed by atoms with van der Waals surface area (Å²) in [4.78, 5) is 0. The number of unbranched alkanes of at least 4 members (excludes halogenated alkanes) is 2. The normalized spacial score (nSPS) is 13.5. The summed E-state index contributed by atoms with van der Waals surface area (Å²) in [6.45, 7) is 4.13. The van der Waals surface area contributed by atoms with Crippen molar-refractivity contribution in [3.8, 4) is 0 Å². The van der Waals surface area contributed by atoms with Crippen molar-refractivity contribution in [3.05, 3.63) is 75.9 Å². The Bertz CT molecular complexity index is 787. The predicted molar refractivity (Wildman–Crippen MR) is 101 cm³/mol. The molecule has 0 aromatic heterocycles. The molecule has 1 aliphatic rings. The SMILES string of the molecule is CCCCCc1ccc(C2=CCc3c(ccc(CC)c3F)C2)c(F)c1. The largest absolute Gasteiger partial charge is 0.206 e. The number of rotatable bonds is 6. The summed E-state index contributed by atoms with van der Waals surface area (Å²) in [5.74, 6) is -0.239. The fourth-order valence-corrected chi connectivity index (χ4v) is 3.63. The summed E-state index contributed by atoms with van der Waals surface area (Å²) in [5.41, 5.74) is 5.21. The summed E-state index contributed by atoms with van der Waals surface area (Å²) in [5, 5.41) is 0. The predicted octanol–water partition coefficient (Wildman–Crippen LogP) is 6.44. The molecule has 0 N–H and O–H groups in total. The molecule has 0 spiro atoms. The second-order valence-corrected chi connectivity index (χ2v) is 6.91. The highest BCUT2D eigenvalue weighted by atomic mass is 19.1. The van der Waals surface area contributed by atoms with E-state index in [-0.39, 0.29) is 11.6 Å². The van der Waals surface area contributed by atoms with Crippen LogP contribution in [0.5, 0.6) is 0 Å². The first kappa shape index (κ1) is 17.8. The summed E-state index contributed by atoms with van der Waals surface area (Å²) in [7, 11) is 0. The van der Waals surface area contributed by atoms with Crippen molar-refractivity contribution in [1.82, 2.24) is 0 Å². The Kier molecular flexibility index (Phi) is 5.67. The lowest BCUT2D eigenvalue weighted by atomic mass is 9.86. The van der Waals surface area contributed by atoms with Crippen molar-refractivity contribution in [2.45, 2.75) is 58.8 Å². The molecule has 0 saturated heterocycles. The molecule has 3 rings (SSSR count). The van der Waals surface area contributed by atoms with Crippen LogP contribution in [0.25, 0.3) is 5.57 Å². The minimum atomic E-state index is -0.158. The highest BCUT2D eigenvalue weighted by molar-refractivity contribution is 5.71. The van der Waals surface area contributed by atoms with E-state index in [1.165, 1.54) is 12.8 Å². The second kappa shape index (κ2) is 7.95. The smallest absolute Gasteiger partial charge is 0.130 e. The van der Waals surface area contributed by atoms with E-state index in [2.05, 4.69) is 6.92 Å². The van der Waals surface area contributed by atoms with Gasteiger partial charge in [0.2, 0.25) is 0 Å². The van der Waals surface area contributed by atoms with E-state index in [9.17, 15) is 8.78 Å². The van der Waals surface area contributed by atoms with Gasteiger partial charge in [0.25, 0.3) is 0 Å². The maximum absolute atomic E-state index is 14.6. The summed E-state index contributed by atoms with van der Waals surface area (Å²) in [6, 6.07) is 9.46. The van der Waals surface area contributed by atoms with E-state index in [4.69, 9.17) is 0 Å². The van der Waals surface area contributed by atoms with Crippen LogP contribution in [0.2, 0.25) is 0 Å². The Hall–Kier alpha value is -1.96. The van der Waals surface area contributed by atoms with Crippen LogP contribution in [0, 0.1) is 11.6 Å². The zero-order valence-corrected chi connectivity index (χ0v) is 15.2. The minimum absolute atomic E-state index is 0.0814. The maximum Gasteiger partial charge on any atom is 0.130 e. The van der Waals surface area contributed by atoms with Crippen molar-refractivity contribution < 1.29 is 8.78 Å². The summed E-state index contributed by atoms with van der Waals surface area (Å²) < 4.78 is 29.1. The van der Waals surface area contributed by atoms with E-state index in [0.717, 1.165) is 40.7 Å². The summed E-state index contributed by atoms with van der Waals surface area (Å²) in [6.07, 6.45) is 8.20. The lowest BCUT2D eigenvalue weighted by molar-refractivity contribution is 0.595. The Morgan fingerprint density at radius 2 is 1.84 bits per heavy atom. The maximum atomic E-state index is 14.6. The van der Waals surface area contributed by atoms with Crippen molar-refractivity contribution in [3.63, 3.8) is 0 Å². The molecular formula is C23H26F2. The van der Waals surface area contributed by atoms with E-state index < -0.39 is 0 Å². The zero-order valence-electron chi connectivity index (χ0n) is 15.2. The van der Waals surface area contributed by atoms with Gasteiger partial charge in [-0.3, -0.25) is 0 Å². The molecule has 25 heavy (non-hydrogen) atoms. The van der Waals surface area contributed by atoms with E-state index in [1.54, 1.807) is 6.07 Å². The van der Waals surface area contributed by atoms with Crippen LogP contribution >= 0.6 is 0 Å². The van der Waals surface area contributed by atoms with Gasteiger partial charge >= 0.3 is 0 Å². The first-order chi connectivity index (χ1) is 12.1. The monoisotopic (exact) mass is 340 g/mol. The number of halogens is 2. The van der Waals surface area contributed by atoms with Gasteiger partial charge in [-0.05, 0) is 66.0 Å². The first-order valence-electron chi connectivity index (χ1n) is 9.41. The molecule has 0 atom stereocenters. The third-order valence-corrected chi connectivity index (χ3v) is 5.18. The van der Waals surface area contributed by atoms with Gasteiger partial charge < -0.3 is 0 Å². The molecule has 2 aromatic carbocycles. The molecule has 0 bridgehead atoms. The van der Waals surface area contributed by atoms with Gasteiger partial charge in [-0.1, -0.05) is 57.0 Å². The fraction of sp³-hybridized carbons (Fsp3) is 0.391. The quantitative estimate of drug-likeness (QED) is 0.531. The third-order valence-electron chi connectivity index (χ3n) is 5.18. The van der Waals surface area contributed by atoms with Crippen LogP contribution in [-0.4, -0.2) is 0 Å². The Labute approximate surface area is 149 Å². The van der Waals surface area contributed by atoms with Crippen LogP contribution in [-0.2, 0) is 25.7 Å². The molecule has 0 unspecified atom stereocenters. The van der Waals surface area contributed by atoms with E-state index in [1.807, 2.05) is 37.3 Å². The Morgan fingerprint density at radius 3 is 2.56 bits per heavy atom. The van der Waals surface area contributed by atoms with Gasteiger partial charge in [0.15, 0.2) is 0 Å². The van der Waals surface area contributed by atoms with Crippen molar-refractivity contribution in [1.29, 1.82) is 0 Å². The van der Waals surface area contributed by atoms with Crippen LogP contribution in [0.3, 0.4) is 0 Å². The molecule has 132 valence electrons. The average molecular weight is 340 g/mol. The number of allylic oxidation sites excluding steroid dienone is 2. The molecule has 0 amide bonds. The van der Waals surface area contributed by atoms with E-state index in [0.29, 0.717) is 24.8 Å². The first-order valence-corrected chi connectivity index (χ1v) is 9.41. The van der Waals surface area contributed by atoms with Gasteiger partial charge in [0.05, 0.1) is 0 Å². The third kappa shape index (κ3) is 3.84. The average Bonchev–Trinajstić information content (AvgIpc) is 2.62. The fourth-order valence-electron chi connectivity index (χ4n) is 3.63. The second-order valence-electron chi connectivity index (χ2n) is 6.91. The van der Waals surface area contributed by atoms with Crippen LogP contribution in [0.1, 0.15) is 60.9 Å². The molecule has 0 saturated carbocycles. The standard InChI is InChI=1S/C23H26F2/c1-3-5-6-7-16-8-12-20(22(24)14-16)18-11-13-21-19(15-18)10-9-17(4-2)23(21)25/h8-12,14H,3-7,13,15H2,1-2H3. The Morgan fingerprint density at radius 1 is 1.00 bits per heavy atom. The van der Waals surface area contributed by atoms with Gasteiger partial charge in [-0.25, -0.2) is 8.78 Å². The van der Waals surface area contributed by atoms with Crippen LogP contribution in [0.4, 0.5) is 8.78 Å². The molecule has 0 radical (unpaired) electrons. The molecule has 0 fully saturated rings. The number of hydrogen-bond acceptors (Lipinski definition) is 0. The molecule has 0 nitrogen and oxygen atoms in total. The van der Waals surface area contributed by atoms with Gasteiger partial charge in [0.1, 0.15) is 11.6 Å². The minimum Gasteiger partial charge on any atom is -0.206 e. The number of hydrogen-bond donors (Lipinski definition) is 0. The summed E-state index contributed by atoms with van der Waals surface area (Å²) >= 11 is 0. The molecule has 0 heterocycles. The van der Waals surface area contributed by atoms with Crippen molar-refractivity contribution >= 4 is 5.57 Å². The topological polar surface area (TPSA) is 0 Å². The molecule has 2 aromatic rings. The van der Waals surface area contributed by atoms with Gasteiger partial charge in [-0.15, -0.1) is 0 Å². The molecule has 1 aliphatic carbocycles. The molecular weight excluding hydrogens is 314 g/mol. The number of benzene rings is 2. The van der Waals surface area contributed by atoms with Gasteiger partial charge in [0, 0.05) is 5.56 Å². The van der Waals surface area contributed by atoms with Crippen molar-refractivity contribution in [2.24, 2.45) is 0 Å². The van der Waals surface area contributed by atoms with E-state index >= 15 is 0 Å². The number of fused-ring (bicyclic) bond motifs is 1. The van der Waals surface area contributed by atoms with Crippen LogP contribution < -0.4 is 0 Å². The van der Waals surface area contributed by atoms with Crippen molar-refractivity contribution in [2.75, 3.05) is 0 Å². The lowest BCUT2D eigenvalue weighted by Crippen LogP contribution is -2.08. The Balaban J connectivity index is 1.80. The van der Waals surface area contributed by atoms with Crippen LogP contribution in [0.15, 0.2) is 36.4 Å². The molecule has 2 heteroatoms. The highest BCUT2D eigenvalue weighted by Crippen LogP contribution is 2.32. The lowest BCUT2D eigenvalue weighted by Gasteiger charge is -2.20. The molecule has 0 aliphatic heterocycles.